The zero-order valence-electron chi connectivity index (χ0n) is 13.7. The van der Waals surface area contributed by atoms with E-state index in [2.05, 4.69) is 0 Å². The van der Waals surface area contributed by atoms with Crippen molar-refractivity contribution < 1.29 is 18.7 Å². The normalized spacial score (nSPS) is 20.7. The van der Waals surface area contributed by atoms with Crippen LogP contribution >= 0.6 is 0 Å². The minimum atomic E-state index is -0.538. The van der Waals surface area contributed by atoms with Gasteiger partial charge in [-0.25, -0.2) is 4.39 Å². The number of methoxy groups -OCH3 is 1. The van der Waals surface area contributed by atoms with Gasteiger partial charge in [-0.2, -0.15) is 0 Å². The van der Waals surface area contributed by atoms with Gasteiger partial charge in [0.1, 0.15) is 6.10 Å². The molecular formula is C19H20FNO3. The minimum absolute atomic E-state index is 0.0870. The molecule has 0 saturated carbocycles. The highest BCUT2D eigenvalue weighted by Crippen LogP contribution is 2.27. The molecule has 0 aromatic heterocycles. The molecule has 2 unspecified atom stereocenters. The molecule has 0 spiro atoms. The summed E-state index contributed by atoms with van der Waals surface area (Å²) in [5.41, 5.74) is 1.34. The van der Waals surface area contributed by atoms with E-state index in [1.54, 1.807) is 11.0 Å². The van der Waals surface area contributed by atoms with Crippen LogP contribution in [0, 0.1) is 5.82 Å². The number of morpholine rings is 1. The first-order chi connectivity index (χ1) is 11.6. The first-order valence-corrected chi connectivity index (χ1v) is 7.91. The molecule has 1 aliphatic heterocycles. The number of halogens is 1. The Morgan fingerprint density at radius 1 is 1.21 bits per heavy atom. The number of benzene rings is 2. The summed E-state index contributed by atoms with van der Waals surface area (Å²) >= 11 is 0. The monoisotopic (exact) mass is 329 g/mol. The zero-order chi connectivity index (χ0) is 17.1. The van der Waals surface area contributed by atoms with Gasteiger partial charge in [-0.15, -0.1) is 0 Å². The number of hydrogen-bond acceptors (Lipinski definition) is 3. The van der Waals surface area contributed by atoms with Gasteiger partial charge in [0.2, 0.25) is 0 Å². The van der Waals surface area contributed by atoms with Crippen LogP contribution < -0.4 is 4.74 Å². The number of amides is 1. The molecule has 1 aliphatic rings. The number of carbonyl (C=O) groups is 1. The molecule has 0 bridgehead atoms. The van der Waals surface area contributed by atoms with Crippen LogP contribution in [0.1, 0.15) is 28.9 Å². The fourth-order valence-corrected chi connectivity index (χ4v) is 2.95. The molecule has 5 heteroatoms. The van der Waals surface area contributed by atoms with E-state index in [-0.39, 0.29) is 23.9 Å². The lowest BCUT2D eigenvalue weighted by Crippen LogP contribution is -2.46. The third-order valence-corrected chi connectivity index (χ3v) is 4.12. The van der Waals surface area contributed by atoms with Crippen LogP contribution in [0.4, 0.5) is 4.39 Å². The van der Waals surface area contributed by atoms with Crippen molar-refractivity contribution in [3.63, 3.8) is 0 Å². The first-order valence-electron chi connectivity index (χ1n) is 7.91. The van der Waals surface area contributed by atoms with Crippen LogP contribution in [0.2, 0.25) is 0 Å². The van der Waals surface area contributed by atoms with E-state index in [0.29, 0.717) is 18.7 Å². The lowest BCUT2D eigenvalue weighted by molar-refractivity contribution is -0.0691. The highest BCUT2D eigenvalue weighted by atomic mass is 19.1. The van der Waals surface area contributed by atoms with E-state index in [1.807, 2.05) is 37.3 Å². The molecule has 24 heavy (non-hydrogen) atoms. The third kappa shape index (κ3) is 3.41. The summed E-state index contributed by atoms with van der Waals surface area (Å²) in [4.78, 5) is 14.5. The van der Waals surface area contributed by atoms with Gasteiger partial charge >= 0.3 is 0 Å². The number of rotatable bonds is 3. The second-order valence-electron chi connectivity index (χ2n) is 5.91. The Balaban J connectivity index is 1.80. The Morgan fingerprint density at radius 2 is 1.96 bits per heavy atom. The van der Waals surface area contributed by atoms with Crippen molar-refractivity contribution in [2.75, 3.05) is 20.2 Å². The van der Waals surface area contributed by atoms with E-state index >= 15 is 0 Å². The first kappa shape index (κ1) is 16.5. The fraction of sp³-hybridized carbons (Fsp3) is 0.316. The average molecular weight is 329 g/mol. The molecular weight excluding hydrogens is 309 g/mol. The average Bonchev–Trinajstić information content (AvgIpc) is 2.61. The fourth-order valence-electron chi connectivity index (χ4n) is 2.95. The Bertz CT molecular complexity index is 720. The maximum atomic E-state index is 13.9. The maximum Gasteiger partial charge on any atom is 0.254 e. The summed E-state index contributed by atoms with van der Waals surface area (Å²) in [6, 6.07) is 14.1. The lowest BCUT2D eigenvalue weighted by atomic mass is 10.1. The number of carbonyl (C=O) groups excluding carboxylic acids is 1. The summed E-state index contributed by atoms with van der Waals surface area (Å²) in [7, 11) is 1.40. The van der Waals surface area contributed by atoms with Gasteiger partial charge in [0.15, 0.2) is 11.6 Å². The summed E-state index contributed by atoms with van der Waals surface area (Å²) in [6.07, 6.45) is -0.266. The summed E-state index contributed by atoms with van der Waals surface area (Å²) in [5.74, 6) is -0.610. The van der Waals surface area contributed by atoms with Gasteiger partial charge in [0.25, 0.3) is 5.91 Å². The summed E-state index contributed by atoms with van der Waals surface area (Å²) in [6.45, 7) is 2.86. The highest BCUT2D eigenvalue weighted by molar-refractivity contribution is 5.94. The van der Waals surface area contributed by atoms with Crippen molar-refractivity contribution in [1.29, 1.82) is 0 Å². The minimum Gasteiger partial charge on any atom is -0.494 e. The molecule has 1 saturated heterocycles. The van der Waals surface area contributed by atoms with Crippen LogP contribution in [0.25, 0.3) is 0 Å². The van der Waals surface area contributed by atoms with Crippen LogP contribution in [-0.4, -0.2) is 37.1 Å². The maximum absolute atomic E-state index is 13.9. The van der Waals surface area contributed by atoms with Crippen molar-refractivity contribution in [3.05, 3.63) is 65.5 Å². The Hall–Kier alpha value is -2.40. The van der Waals surface area contributed by atoms with Gasteiger partial charge in [0, 0.05) is 12.1 Å². The van der Waals surface area contributed by atoms with Gasteiger partial charge in [-0.05, 0) is 30.7 Å². The Morgan fingerprint density at radius 3 is 2.62 bits per heavy atom. The molecule has 4 nitrogen and oxygen atoms in total. The van der Waals surface area contributed by atoms with E-state index in [4.69, 9.17) is 9.47 Å². The standard InChI is InChI=1S/C19H20FNO3/c1-13-11-21(12-18(24-13)14-6-4-3-5-7-14)19(22)15-8-9-17(23-2)16(20)10-15/h3-10,13,18H,11-12H2,1-2H3. The van der Waals surface area contributed by atoms with Gasteiger partial charge in [0.05, 0.1) is 19.8 Å². The molecule has 2 atom stereocenters. The smallest absolute Gasteiger partial charge is 0.254 e. The van der Waals surface area contributed by atoms with Crippen molar-refractivity contribution in [2.45, 2.75) is 19.1 Å². The van der Waals surface area contributed by atoms with E-state index < -0.39 is 5.82 Å². The van der Waals surface area contributed by atoms with Gasteiger partial charge in [-0.1, -0.05) is 30.3 Å². The van der Waals surface area contributed by atoms with Gasteiger partial charge in [-0.3, -0.25) is 4.79 Å². The number of nitrogens with zero attached hydrogens (tertiary/aromatic N) is 1. The molecule has 0 radical (unpaired) electrons. The molecule has 0 aliphatic carbocycles. The molecule has 126 valence electrons. The van der Waals surface area contributed by atoms with Crippen molar-refractivity contribution in [1.82, 2.24) is 4.90 Å². The highest BCUT2D eigenvalue weighted by Gasteiger charge is 2.30. The zero-order valence-corrected chi connectivity index (χ0v) is 13.7. The van der Waals surface area contributed by atoms with E-state index in [0.717, 1.165) is 5.56 Å². The van der Waals surface area contributed by atoms with Crippen LogP contribution in [0.3, 0.4) is 0 Å². The van der Waals surface area contributed by atoms with Crippen LogP contribution in [0.5, 0.6) is 5.75 Å². The molecule has 0 N–H and O–H groups in total. The molecule has 1 fully saturated rings. The predicted molar refractivity (Wildman–Crippen MR) is 88.6 cm³/mol. The second-order valence-corrected chi connectivity index (χ2v) is 5.91. The molecule has 1 heterocycles. The Labute approximate surface area is 140 Å². The SMILES string of the molecule is COc1ccc(C(=O)N2CC(C)OC(c3ccccc3)C2)cc1F. The summed E-state index contributed by atoms with van der Waals surface area (Å²) in [5, 5.41) is 0. The van der Waals surface area contributed by atoms with Crippen LogP contribution in [-0.2, 0) is 4.74 Å². The topological polar surface area (TPSA) is 38.8 Å². The second kappa shape index (κ2) is 7.01. The molecule has 3 rings (SSSR count). The Kier molecular flexibility index (Phi) is 4.81. The number of hydrogen-bond donors (Lipinski definition) is 0. The predicted octanol–water partition coefficient (Wildman–Crippen LogP) is 3.44. The van der Waals surface area contributed by atoms with Gasteiger partial charge < -0.3 is 14.4 Å². The van der Waals surface area contributed by atoms with Crippen molar-refractivity contribution in [3.8, 4) is 5.75 Å². The van der Waals surface area contributed by atoms with E-state index in [9.17, 15) is 9.18 Å². The molecule has 2 aromatic carbocycles. The quantitative estimate of drug-likeness (QED) is 0.866. The van der Waals surface area contributed by atoms with E-state index in [1.165, 1.54) is 19.2 Å². The summed E-state index contributed by atoms with van der Waals surface area (Å²) < 4.78 is 24.7. The molecule has 1 amide bonds. The largest absolute Gasteiger partial charge is 0.494 e. The van der Waals surface area contributed by atoms with Crippen molar-refractivity contribution in [2.24, 2.45) is 0 Å². The molecule has 2 aromatic rings. The lowest BCUT2D eigenvalue weighted by Gasteiger charge is -2.37. The van der Waals surface area contributed by atoms with Crippen molar-refractivity contribution >= 4 is 5.91 Å². The third-order valence-electron chi connectivity index (χ3n) is 4.12. The van der Waals surface area contributed by atoms with Crippen LogP contribution in [0.15, 0.2) is 48.5 Å². The number of ether oxygens (including phenoxy) is 2.